The summed E-state index contributed by atoms with van der Waals surface area (Å²) in [6.07, 6.45) is 2.32. The second-order valence-electron chi connectivity index (χ2n) is 8.69. The van der Waals surface area contributed by atoms with Crippen LogP contribution in [0, 0.1) is 11.6 Å². The molecule has 1 saturated heterocycles. The van der Waals surface area contributed by atoms with Gasteiger partial charge in [0.1, 0.15) is 0 Å². The molecule has 0 N–H and O–H groups in total. The van der Waals surface area contributed by atoms with Crippen molar-refractivity contribution < 1.29 is 23.1 Å². The molecule has 7 nitrogen and oxygen atoms in total. The predicted molar refractivity (Wildman–Crippen MR) is 122 cm³/mol. The van der Waals surface area contributed by atoms with Gasteiger partial charge in [-0.25, -0.2) is 13.5 Å². The molecule has 2 aliphatic heterocycles. The lowest BCUT2D eigenvalue weighted by Gasteiger charge is -2.42. The van der Waals surface area contributed by atoms with Gasteiger partial charge < -0.3 is 9.64 Å². The highest BCUT2D eigenvalue weighted by molar-refractivity contribution is 5.97. The lowest BCUT2D eigenvalue weighted by atomic mass is 9.79. The summed E-state index contributed by atoms with van der Waals surface area (Å²) in [6.45, 7) is 2.00. The summed E-state index contributed by atoms with van der Waals surface area (Å²) < 4.78 is 36.3. The third-order valence-electron chi connectivity index (χ3n) is 6.73. The first-order chi connectivity index (χ1) is 16.9. The zero-order valence-electron chi connectivity index (χ0n) is 19.0. The summed E-state index contributed by atoms with van der Waals surface area (Å²) in [5.41, 5.74) is -0.0427. The van der Waals surface area contributed by atoms with Gasteiger partial charge in [0.05, 0.1) is 18.3 Å². The summed E-state index contributed by atoms with van der Waals surface area (Å²) in [5, 5.41) is 4.28. The first kappa shape index (κ1) is 22.9. The van der Waals surface area contributed by atoms with Gasteiger partial charge in [0.15, 0.2) is 17.3 Å². The average molecular weight is 479 g/mol. The fourth-order valence-corrected chi connectivity index (χ4v) is 5.20. The summed E-state index contributed by atoms with van der Waals surface area (Å²) in [7, 11) is 0. The van der Waals surface area contributed by atoms with E-state index in [4.69, 9.17) is 4.74 Å². The van der Waals surface area contributed by atoms with Crippen LogP contribution in [0.2, 0.25) is 0 Å². The number of nitrogens with zero attached hydrogens (tertiary/aromatic N) is 3. The van der Waals surface area contributed by atoms with E-state index < -0.39 is 46.6 Å². The van der Waals surface area contributed by atoms with Gasteiger partial charge in [-0.15, -0.1) is 0 Å². The van der Waals surface area contributed by atoms with Crippen molar-refractivity contribution in [3.05, 3.63) is 93.4 Å². The monoisotopic (exact) mass is 479 g/mol. The largest absolute Gasteiger partial charge is 0.420 e. The van der Waals surface area contributed by atoms with E-state index in [9.17, 15) is 18.8 Å². The Morgan fingerprint density at radius 1 is 1.14 bits per heavy atom. The number of benzene rings is 2. The maximum absolute atomic E-state index is 15.2. The molecule has 1 amide bonds. The van der Waals surface area contributed by atoms with Gasteiger partial charge in [-0.3, -0.25) is 14.4 Å². The summed E-state index contributed by atoms with van der Waals surface area (Å²) in [5.74, 6) is -4.24. The Labute approximate surface area is 199 Å². The number of ether oxygens (including phenoxy) is 1. The summed E-state index contributed by atoms with van der Waals surface area (Å²) in [4.78, 5) is 39.9. The van der Waals surface area contributed by atoms with Crippen LogP contribution < -0.4 is 10.2 Å². The van der Waals surface area contributed by atoms with E-state index in [0.717, 1.165) is 12.3 Å². The van der Waals surface area contributed by atoms with Crippen LogP contribution in [-0.4, -0.2) is 39.1 Å². The number of fused-ring (bicyclic) bond motifs is 2. The lowest BCUT2D eigenvalue weighted by Crippen LogP contribution is -2.51. The van der Waals surface area contributed by atoms with Gasteiger partial charge in [-0.2, -0.15) is 5.10 Å². The molecule has 3 aromatic rings. The minimum absolute atomic E-state index is 0.00625. The molecular weight excluding hydrogens is 456 g/mol. The number of rotatable bonds is 5. The SMILES string of the molecule is CCC(=O)Oc1c2n(ncc1=O)[C@@H](C(c1ccccc1)c1cccc(F)c1F)[C@H]1CCCN1C2=O. The smallest absolute Gasteiger partial charge is 0.311 e. The Bertz CT molecular complexity index is 1360. The van der Waals surface area contributed by atoms with Crippen molar-refractivity contribution in [2.75, 3.05) is 6.54 Å². The van der Waals surface area contributed by atoms with Gasteiger partial charge >= 0.3 is 5.97 Å². The lowest BCUT2D eigenvalue weighted by molar-refractivity contribution is -0.134. The van der Waals surface area contributed by atoms with Gasteiger partial charge in [-0.05, 0) is 24.5 Å². The van der Waals surface area contributed by atoms with Crippen molar-refractivity contribution in [1.82, 2.24) is 14.7 Å². The number of carbonyl (C=O) groups is 2. The number of halogens is 2. The Morgan fingerprint density at radius 2 is 1.91 bits per heavy atom. The molecule has 0 radical (unpaired) electrons. The van der Waals surface area contributed by atoms with Gasteiger partial charge in [0.2, 0.25) is 11.2 Å². The summed E-state index contributed by atoms with van der Waals surface area (Å²) >= 11 is 0. The molecule has 1 unspecified atom stereocenters. The molecule has 9 heteroatoms. The minimum Gasteiger partial charge on any atom is -0.420 e. The van der Waals surface area contributed by atoms with E-state index in [1.165, 1.54) is 16.8 Å². The molecule has 2 aromatic carbocycles. The third-order valence-corrected chi connectivity index (χ3v) is 6.73. The number of hydrogen-bond acceptors (Lipinski definition) is 5. The van der Waals surface area contributed by atoms with Crippen molar-refractivity contribution >= 4 is 11.9 Å². The molecule has 180 valence electrons. The predicted octanol–water partition coefficient (Wildman–Crippen LogP) is 3.83. The van der Waals surface area contributed by atoms with Crippen LogP contribution in [0.1, 0.15) is 59.8 Å². The second-order valence-corrected chi connectivity index (χ2v) is 8.69. The Hall–Kier alpha value is -3.88. The minimum atomic E-state index is -0.983. The van der Waals surface area contributed by atoms with Crippen LogP contribution >= 0.6 is 0 Å². The Morgan fingerprint density at radius 3 is 2.66 bits per heavy atom. The molecule has 0 saturated carbocycles. The number of amides is 1. The fourth-order valence-electron chi connectivity index (χ4n) is 5.20. The van der Waals surface area contributed by atoms with Crippen LogP contribution in [0.3, 0.4) is 0 Å². The highest BCUT2D eigenvalue weighted by atomic mass is 19.2. The van der Waals surface area contributed by atoms with E-state index in [2.05, 4.69) is 5.10 Å². The van der Waals surface area contributed by atoms with Crippen molar-refractivity contribution in [3.8, 4) is 5.75 Å². The van der Waals surface area contributed by atoms with Gasteiger partial charge in [0.25, 0.3) is 5.91 Å². The summed E-state index contributed by atoms with van der Waals surface area (Å²) in [6, 6.07) is 12.0. The average Bonchev–Trinajstić information content (AvgIpc) is 3.36. The first-order valence-corrected chi connectivity index (χ1v) is 11.5. The van der Waals surface area contributed by atoms with E-state index in [1.807, 2.05) is 18.2 Å². The standard InChI is InChI=1S/C26H23F2N3O4/c1-2-20(33)35-25-19(32)14-29-31-23(18-12-7-13-30(18)26(34)24(25)31)21(15-8-4-3-5-9-15)16-10-6-11-17(27)22(16)28/h3-6,8-11,14,18,21,23H,2,7,12-13H2,1H3/t18-,21?,23-/m1/s1. The highest BCUT2D eigenvalue weighted by Crippen LogP contribution is 2.46. The van der Waals surface area contributed by atoms with Crippen molar-refractivity contribution in [3.63, 3.8) is 0 Å². The third kappa shape index (κ3) is 3.80. The molecule has 5 rings (SSSR count). The van der Waals surface area contributed by atoms with E-state index in [0.29, 0.717) is 24.9 Å². The number of aromatic nitrogens is 2. The van der Waals surface area contributed by atoms with E-state index >= 15 is 4.39 Å². The molecule has 0 bridgehead atoms. The quantitative estimate of drug-likeness (QED) is 0.520. The van der Waals surface area contributed by atoms with Crippen molar-refractivity contribution in [2.45, 2.75) is 44.2 Å². The Balaban J connectivity index is 1.79. The first-order valence-electron chi connectivity index (χ1n) is 11.5. The van der Waals surface area contributed by atoms with Crippen LogP contribution in [0.5, 0.6) is 5.75 Å². The van der Waals surface area contributed by atoms with Gasteiger partial charge in [-0.1, -0.05) is 49.4 Å². The van der Waals surface area contributed by atoms with Crippen molar-refractivity contribution in [2.24, 2.45) is 0 Å². The maximum atomic E-state index is 15.2. The second kappa shape index (κ2) is 9.05. The molecule has 3 atom stereocenters. The van der Waals surface area contributed by atoms with Crippen LogP contribution in [0.15, 0.2) is 59.5 Å². The molecular formula is C26H23F2N3O4. The number of esters is 1. The van der Waals surface area contributed by atoms with E-state index in [-0.39, 0.29) is 23.7 Å². The normalized spacial score (nSPS) is 19.7. The number of hydrogen-bond donors (Lipinski definition) is 0. The topological polar surface area (TPSA) is 81.5 Å². The molecule has 35 heavy (non-hydrogen) atoms. The van der Waals surface area contributed by atoms with Crippen LogP contribution in [0.4, 0.5) is 8.78 Å². The van der Waals surface area contributed by atoms with Crippen molar-refractivity contribution in [1.29, 1.82) is 0 Å². The molecule has 1 aromatic heterocycles. The zero-order chi connectivity index (χ0) is 24.7. The molecule has 1 fully saturated rings. The van der Waals surface area contributed by atoms with Crippen LogP contribution in [-0.2, 0) is 4.79 Å². The van der Waals surface area contributed by atoms with Gasteiger partial charge in [0, 0.05) is 24.4 Å². The van der Waals surface area contributed by atoms with Crippen LogP contribution in [0.25, 0.3) is 0 Å². The van der Waals surface area contributed by atoms with E-state index in [1.54, 1.807) is 24.0 Å². The Kier molecular flexibility index (Phi) is 5.92. The number of carbonyl (C=O) groups excluding carboxylic acids is 2. The zero-order valence-corrected chi connectivity index (χ0v) is 19.0. The highest BCUT2D eigenvalue weighted by Gasteiger charge is 2.49. The molecule has 0 aliphatic carbocycles. The fraction of sp³-hybridized carbons (Fsp3) is 0.308. The molecule has 2 aliphatic rings. The molecule has 0 spiro atoms. The maximum Gasteiger partial charge on any atom is 0.311 e. The molecule has 3 heterocycles.